The van der Waals surface area contributed by atoms with Gasteiger partial charge in [-0.1, -0.05) is 34.1 Å². The van der Waals surface area contributed by atoms with Gasteiger partial charge in [-0.15, -0.1) is 12.4 Å². The number of benzene rings is 3. The smallest absolute Gasteiger partial charge is 0.137 e. The Morgan fingerprint density at radius 3 is 2.61 bits per heavy atom. The van der Waals surface area contributed by atoms with E-state index in [4.69, 9.17) is 9.47 Å². The van der Waals surface area contributed by atoms with E-state index in [9.17, 15) is 8.78 Å². The van der Waals surface area contributed by atoms with Gasteiger partial charge in [-0.3, -0.25) is 0 Å². The van der Waals surface area contributed by atoms with Crippen LogP contribution in [0.3, 0.4) is 0 Å². The molecule has 1 N–H and O–H groups in total. The van der Waals surface area contributed by atoms with Crippen LogP contribution in [-0.4, -0.2) is 17.1 Å². The summed E-state index contributed by atoms with van der Waals surface area (Å²) in [5, 5.41) is 0. The quantitative estimate of drug-likeness (QED) is 0.312. The first-order chi connectivity index (χ1) is 14.5. The lowest BCUT2D eigenvalue weighted by Gasteiger charge is -2.11. The van der Waals surface area contributed by atoms with Crippen molar-refractivity contribution in [1.29, 1.82) is 0 Å². The van der Waals surface area contributed by atoms with Crippen molar-refractivity contribution in [3.63, 3.8) is 0 Å². The van der Waals surface area contributed by atoms with Crippen LogP contribution in [0.1, 0.15) is 5.56 Å². The average Bonchev–Trinajstić information content (AvgIpc) is 3.23. The number of hydrogen-bond donors (Lipinski definition) is 1. The van der Waals surface area contributed by atoms with Crippen molar-refractivity contribution in [3.05, 3.63) is 88.5 Å². The van der Waals surface area contributed by atoms with Crippen molar-refractivity contribution in [2.45, 2.75) is 6.61 Å². The summed E-state index contributed by atoms with van der Waals surface area (Å²) in [5.41, 5.74) is 2.60. The summed E-state index contributed by atoms with van der Waals surface area (Å²) >= 11 is 3.24. The molecule has 160 valence electrons. The molecular formula is C23H18BrClF2N2O2. The molecule has 3 aromatic carbocycles. The number of methoxy groups -OCH3 is 1. The minimum atomic E-state index is -0.338. The Morgan fingerprint density at radius 2 is 1.87 bits per heavy atom. The molecule has 0 fully saturated rings. The van der Waals surface area contributed by atoms with Crippen LogP contribution < -0.4 is 9.47 Å². The van der Waals surface area contributed by atoms with E-state index in [-0.39, 0.29) is 30.6 Å². The molecule has 0 radical (unpaired) electrons. The number of ether oxygens (including phenoxy) is 2. The van der Waals surface area contributed by atoms with Gasteiger partial charge in [0.2, 0.25) is 0 Å². The van der Waals surface area contributed by atoms with E-state index in [0.717, 1.165) is 11.3 Å². The molecule has 1 heterocycles. The molecule has 0 bridgehead atoms. The van der Waals surface area contributed by atoms with Crippen molar-refractivity contribution in [1.82, 2.24) is 9.97 Å². The Kier molecular flexibility index (Phi) is 7.30. The van der Waals surface area contributed by atoms with E-state index >= 15 is 0 Å². The number of imidazole rings is 1. The minimum absolute atomic E-state index is 0. The van der Waals surface area contributed by atoms with Gasteiger partial charge in [-0.05, 0) is 36.4 Å². The first kappa shape index (κ1) is 22.8. The zero-order valence-corrected chi connectivity index (χ0v) is 18.8. The third-order valence-corrected chi connectivity index (χ3v) is 5.04. The molecule has 0 aliphatic heterocycles. The SMILES string of the molecule is COc1cc(OCc2ccc(Br)cc2F)ccc1-c1cnc(-c2cccc(F)c2)[nH]1.Cl. The predicted octanol–water partition coefficient (Wildman–Crippen LogP) is 6.79. The highest BCUT2D eigenvalue weighted by Gasteiger charge is 2.12. The van der Waals surface area contributed by atoms with Crippen LogP contribution in [0, 0.1) is 11.6 Å². The van der Waals surface area contributed by atoms with Crippen molar-refractivity contribution in [2.24, 2.45) is 0 Å². The van der Waals surface area contributed by atoms with Gasteiger partial charge >= 0.3 is 0 Å². The van der Waals surface area contributed by atoms with Gasteiger partial charge in [0, 0.05) is 27.2 Å². The largest absolute Gasteiger partial charge is 0.496 e. The summed E-state index contributed by atoms with van der Waals surface area (Å²) in [6.45, 7) is 0.0927. The molecule has 0 saturated carbocycles. The Bertz CT molecular complexity index is 1200. The van der Waals surface area contributed by atoms with Crippen LogP contribution in [0.15, 0.2) is 71.3 Å². The molecule has 0 aliphatic rings. The number of H-pyrrole nitrogens is 1. The van der Waals surface area contributed by atoms with Crippen LogP contribution in [0.2, 0.25) is 0 Å². The highest BCUT2D eigenvalue weighted by atomic mass is 79.9. The summed E-state index contributed by atoms with van der Waals surface area (Å²) in [4.78, 5) is 7.53. The highest BCUT2D eigenvalue weighted by molar-refractivity contribution is 9.10. The van der Waals surface area contributed by atoms with Gasteiger partial charge in [0.25, 0.3) is 0 Å². The van der Waals surface area contributed by atoms with E-state index < -0.39 is 0 Å². The molecule has 0 unspecified atom stereocenters. The molecule has 0 spiro atoms. The predicted molar refractivity (Wildman–Crippen MR) is 122 cm³/mol. The second-order valence-corrected chi connectivity index (χ2v) is 7.46. The zero-order chi connectivity index (χ0) is 21.1. The summed E-state index contributed by atoms with van der Waals surface area (Å²) in [7, 11) is 1.56. The molecule has 31 heavy (non-hydrogen) atoms. The van der Waals surface area contributed by atoms with Crippen molar-refractivity contribution < 1.29 is 18.3 Å². The molecule has 1 aromatic heterocycles. The second kappa shape index (κ2) is 9.94. The Hall–Kier alpha value is -2.90. The number of aromatic nitrogens is 2. The Labute approximate surface area is 192 Å². The summed E-state index contributed by atoms with van der Waals surface area (Å²) in [6, 6.07) is 16.4. The molecule has 0 amide bonds. The second-order valence-electron chi connectivity index (χ2n) is 6.54. The normalized spacial score (nSPS) is 10.5. The third kappa shape index (κ3) is 5.24. The maximum Gasteiger partial charge on any atom is 0.137 e. The lowest BCUT2D eigenvalue weighted by molar-refractivity contribution is 0.297. The highest BCUT2D eigenvalue weighted by Crippen LogP contribution is 2.34. The summed E-state index contributed by atoms with van der Waals surface area (Å²) in [5.74, 6) is 1.00. The first-order valence-electron chi connectivity index (χ1n) is 9.09. The minimum Gasteiger partial charge on any atom is -0.496 e. The van der Waals surface area contributed by atoms with Crippen LogP contribution >= 0.6 is 28.3 Å². The molecule has 4 aromatic rings. The van der Waals surface area contributed by atoms with Gasteiger partial charge in [-0.2, -0.15) is 0 Å². The fraction of sp³-hybridized carbons (Fsp3) is 0.0870. The lowest BCUT2D eigenvalue weighted by Crippen LogP contribution is -1.99. The molecule has 8 heteroatoms. The van der Waals surface area contributed by atoms with Gasteiger partial charge < -0.3 is 14.5 Å². The van der Waals surface area contributed by atoms with Crippen molar-refractivity contribution >= 4 is 28.3 Å². The average molecular weight is 508 g/mol. The maximum atomic E-state index is 14.0. The Balaban J connectivity index is 0.00000272. The molecule has 4 rings (SSSR count). The van der Waals surface area contributed by atoms with Gasteiger partial charge in [0.15, 0.2) is 0 Å². The van der Waals surface area contributed by atoms with Gasteiger partial charge in [0.1, 0.15) is 35.6 Å². The van der Waals surface area contributed by atoms with Crippen LogP contribution in [0.4, 0.5) is 8.78 Å². The van der Waals surface area contributed by atoms with E-state index in [2.05, 4.69) is 25.9 Å². The molecule has 0 atom stereocenters. The van der Waals surface area contributed by atoms with E-state index in [1.54, 1.807) is 49.7 Å². The first-order valence-corrected chi connectivity index (χ1v) is 9.89. The molecule has 0 saturated heterocycles. The summed E-state index contributed by atoms with van der Waals surface area (Å²) < 4.78 is 39.4. The topological polar surface area (TPSA) is 47.1 Å². The number of hydrogen-bond acceptors (Lipinski definition) is 3. The molecule has 4 nitrogen and oxygen atoms in total. The Morgan fingerprint density at radius 1 is 1.03 bits per heavy atom. The zero-order valence-electron chi connectivity index (χ0n) is 16.4. The number of nitrogens with zero attached hydrogens (tertiary/aromatic N) is 1. The molecular weight excluding hydrogens is 490 g/mol. The fourth-order valence-electron chi connectivity index (χ4n) is 3.02. The van der Waals surface area contributed by atoms with E-state index in [0.29, 0.717) is 32.9 Å². The van der Waals surface area contributed by atoms with Gasteiger partial charge in [-0.25, -0.2) is 13.8 Å². The maximum absolute atomic E-state index is 14.0. The van der Waals surface area contributed by atoms with Crippen LogP contribution in [-0.2, 0) is 6.61 Å². The van der Waals surface area contributed by atoms with Crippen LogP contribution in [0.25, 0.3) is 22.6 Å². The van der Waals surface area contributed by atoms with Gasteiger partial charge in [0.05, 0.1) is 19.0 Å². The van der Waals surface area contributed by atoms with Crippen molar-refractivity contribution in [3.8, 4) is 34.1 Å². The van der Waals surface area contributed by atoms with Crippen LogP contribution in [0.5, 0.6) is 11.5 Å². The lowest BCUT2D eigenvalue weighted by atomic mass is 10.1. The number of nitrogens with one attached hydrogen (secondary N) is 1. The van der Waals surface area contributed by atoms with Crippen molar-refractivity contribution in [2.75, 3.05) is 7.11 Å². The monoisotopic (exact) mass is 506 g/mol. The van der Waals surface area contributed by atoms with E-state index in [1.807, 2.05) is 6.07 Å². The number of rotatable bonds is 6. The third-order valence-electron chi connectivity index (χ3n) is 4.55. The number of halogens is 4. The van der Waals surface area contributed by atoms with E-state index in [1.165, 1.54) is 18.2 Å². The molecule has 0 aliphatic carbocycles. The summed E-state index contributed by atoms with van der Waals surface area (Å²) in [6.07, 6.45) is 1.66. The standard InChI is InChI=1S/C23H17BrF2N2O2.ClH/c1-29-22-11-18(30-13-15-5-6-16(24)10-20(15)26)7-8-19(22)21-12-27-23(28-21)14-3-2-4-17(25)9-14;/h2-12H,13H2,1H3,(H,27,28);1H. The fourth-order valence-corrected chi connectivity index (χ4v) is 3.36. The number of aromatic amines is 1.